The van der Waals surface area contributed by atoms with Crippen molar-refractivity contribution in [2.45, 2.75) is 0 Å². The summed E-state index contributed by atoms with van der Waals surface area (Å²) in [5.41, 5.74) is 1.18. The van der Waals surface area contributed by atoms with E-state index in [-0.39, 0.29) is 23.0 Å². The van der Waals surface area contributed by atoms with Crippen LogP contribution in [0.15, 0.2) is 102 Å². The maximum atomic E-state index is 13.9. The quantitative estimate of drug-likeness (QED) is 0.158. The SMILES string of the molecule is COc1cc(C=Nn2c(-c3cc4cc(Cl)ccc4o3)nc3ccccc3c2=O)c(Br)c(Br)c1OCC(=O)Nc1ccccc1F. The van der Waals surface area contributed by atoms with E-state index in [0.29, 0.717) is 41.8 Å². The molecule has 4 aromatic carbocycles. The average Bonchev–Trinajstić information content (AvgIpc) is 3.46. The first-order chi connectivity index (χ1) is 21.7. The number of amides is 1. The maximum absolute atomic E-state index is 13.9. The molecule has 9 nitrogen and oxygen atoms in total. The molecule has 2 aromatic heterocycles. The van der Waals surface area contributed by atoms with Crippen LogP contribution in [0.3, 0.4) is 0 Å². The Balaban J connectivity index is 1.35. The third-order valence-electron chi connectivity index (χ3n) is 6.64. The molecule has 2 heterocycles. The van der Waals surface area contributed by atoms with Gasteiger partial charge in [0.25, 0.3) is 11.5 Å². The van der Waals surface area contributed by atoms with Crippen LogP contribution in [0.25, 0.3) is 33.5 Å². The summed E-state index contributed by atoms with van der Waals surface area (Å²) in [4.78, 5) is 30.8. The van der Waals surface area contributed by atoms with Crippen molar-refractivity contribution in [3.05, 3.63) is 115 Å². The number of aromatic nitrogens is 2. The third kappa shape index (κ3) is 6.21. The minimum atomic E-state index is -0.570. The molecule has 0 aliphatic carbocycles. The highest BCUT2D eigenvalue weighted by atomic mass is 79.9. The minimum absolute atomic E-state index is 0.0362. The molecular formula is C32H20Br2ClFN4O5. The van der Waals surface area contributed by atoms with Crippen molar-refractivity contribution >= 4 is 83.1 Å². The monoisotopic (exact) mass is 752 g/mol. The van der Waals surface area contributed by atoms with Gasteiger partial charge in [-0.15, -0.1) is 0 Å². The van der Waals surface area contributed by atoms with E-state index < -0.39 is 23.9 Å². The van der Waals surface area contributed by atoms with E-state index in [1.54, 1.807) is 60.7 Å². The van der Waals surface area contributed by atoms with E-state index in [2.05, 4.69) is 42.3 Å². The highest BCUT2D eigenvalue weighted by molar-refractivity contribution is 9.13. The molecule has 45 heavy (non-hydrogen) atoms. The number of furan rings is 1. The van der Waals surface area contributed by atoms with Gasteiger partial charge in [0.1, 0.15) is 11.4 Å². The van der Waals surface area contributed by atoms with Gasteiger partial charge in [-0.1, -0.05) is 35.9 Å². The third-order valence-corrected chi connectivity index (χ3v) is 9.01. The Morgan fingerprint density at radius 2 is 1.87 bits per heavy atom. The number of methoxy groups -OCH3 is 1. The van der Waals surface area contributed by atoms with Crippen molar-refractivity contribution in [1.29, 1.82) is 0 Å². The number of carbonyl (C=O) groups is 1. The Kier molecular flexibility index (Phi) is 8.70. The smallest absolute Gasteiger partial charge is 0.282 e. The zero-order chi connectivity index (χ0) is 31.7. The van der Waals surface area contributed by atoms with Crippen molar-refractivity contribution in [2.24, 2.45) is 5.10 Å². The van der Waals surface area contributed by atoms with Crippen LogP contribution in [0.5, 0.6) is 11.5 Å². The highest BCUT2D eigenvalue weighted by Crippen LogP contribution is 2.42. The Bertz CT molecular complexity index is 2200. The molecule has 0 radical (unpaired) electrons. The van der Waals surface area contributed by atoms with Gasteiger partial charge in [0.15, 0.2) is 23.9 Å². The zero-order valence-corrected chi connectivity index (χ0v) is 27.1. The number of fused-ring (bicyclic) bond motifs is 2. The molecule has 0 atom stereocenters. The average molecular weight is 755 g/mol. The number of carbonyl (C=O) groups excluding carboxylic acids is 1. The zero-order valence-electron chi connectivity index (χ0n) is 23.2. The lowest BCUT2D eigenvalue weighted by molar-refractivity contribution is -0.118. The van der Waals surface area contributed by atoms with Crippen molar-refractivity contribution in [1.82, 2.24) is 9.66 Å². The molecule has 0 saturated carbocycles. The first-order valence-electron chi connectivity index (χ1n) is 13.2. The Morgan fingerprint density at radius 1 is 1.09 bits per heavy atom. The van der Waals surface area contributed by atoms with Crippen LogP contribution < -0.4 is 20.3 Å². The summed E-state index contributed by atoms with van der Waals surface area (Å²) in [5.74, 6) is -0.142. The standard InChI is InChI=1S/C32H20Br2ClFN4O5/c1-43-25-14-18(28(33)29(34)30(25)44-16-27(41)38-23-9-5-3-7-21(23)36)15-37-40-31(39-22-8-4-2-6-20(22)32(40)42)26-13-17-12-19(35)10-11-24(17)45-26/h2-15H,16H2,1H3,(H,38,41). The van der Waals surface area contributed by atoms with Gasteiger partial charge in [0, 0.05) is 20.4 Å². The van der Waals surface area contributed by atoms with Crippen molar-refractivity contribution in [3.8, 4) is 23.1 Å². The van der Waals surface area contributed by atoms with Crippen LogP contribution in [0, 0.1) is 5.82 Å². The first-order valence-corrected chi connectivity index (χ1v) is 15.2. The number of rotatable bonds is 8. The number of halogens is 4. The Morgan fingerprint density at radius 3 is 2.67 bits per heavy atom. The highest BCUT2D eigenvalue weighted by Gasteiger charge is 2.20. The molecule has 226 valence electrons. The van der Waals surface area contributed by atoms with Crippen LogP contribution in [0.2, 0.25) is 5.02 Å². The predicted octanol–water partition coefficient (Wildman–Crippen LogP) is 8.04. The Labute approximate surface area is 276 Å². The number of benzene rings is 4. The second-order valence-corrected chi connectivity index (χ2v) is 11.6. The molecule has 0 aliphatic heterocycles. The summed E-state index contributed by atoms with van der Waals surface area (Å²) in [5, 5.41) is 8.63. The van der Waals surface area contributed by atoms with Gasteiger partial charge in [0.2, 0.25) is 5.82 Å². The van der Waals surface area contributed by atoms with Gasteiger partial charge in [-0.2, -0.15) is 9.78 Å². The summed E-state index contributed by atoms with van der Waals surface area (Å²) < 4.78 is 33.3. The van der Waals surface area contributed by atoms with Crippen LogP contribution in [0.4, 0.5) is 10.1 Å². The fraction of sp³-hybridized carbons (Fsp3) is 0.0625. The molecule has 1 amide bonds. The topological polar surface area (TPSA) is 108 Å². The molecule has 6 rings (SSSR count). The summed E-state index contributed by atoms with van der Waals surface area (Å²) >= 11 is 13.2. The minimum Gasteiger partial charge on any atom is -0.493 e. The second kappa shape index (κ2) is 12.8. The van der Waals surface area contributed by atoms with Crippen LogP contribution in [-0.2, 0) is 4.79 Å². The van der Waals surface area contributed by atoms with Crippen LogP contribution in [-0.4, -0.2) is 35.5 Å². The summed E-state index contributed by atoms with van der Waals surface area (Å²) in [6.45, 7) is -0.423. The molecule has 0 spiro atoms. The van der Waals surface area contributed by atoms with Gasteiger partial charge in [-0.3, -0.25) is 9.59 Å². The Hall–Kier alpha value is -4.52. The van der Waals surface area contributed by atoms with E-state index in [1.165, 1.54) is 31.5 Å². The van der Waals surface area contributed by atoms with Gasteiger partial charge in [-0.25, -0.2) is 9.37 Å². The number of nitrogens with one attached hydrogen (secondary N) is 1. The van der Waals surface area contributed by atoms with Gasteiger partial charge in [-0.05, 0) is 86.5 Å². The summed E-state index contributed by atoms with van der Waals surface area (Å²) in [7, 11) is 1.44. The largest absolute Gasteiger partial charge is 0.493 e. The van der Waals surface area contributed by atoms with Crippen molar-refractivity contribution in [3.63, 3.8) is 0 Å². The number of para-hydroxylation sites is 2. The molecule has 13 heteroatoms. The number of anilines is 1. The lowest BCUT2D eigenvalue weighted by atomic mass is 10.2. The molecule has 0 aliphatic rings. The summed E-state index contributed by atoms with van der Waals surface area (Å²) in [6.07, 6.45) is 1.45. The fourth-order valence-electron chi connectivity index (χ4n) is 4.51. The molecule has 1 N–H and O–H groups in total. The van der Waals surface area contributed by atoms with E-state index in [0.717, 1.165) is 10.1 Å². The molecular weight excluding hydrogens is 735 g/mol. The normalized spacial score (nSPS) is 11.4. The number of hydrogen-bond donors (Lipinski definition) is 1. The summed E-state index contributed by atoms with van der Waals surface area (Å²) in [6, 6.07) is 21.3. The number of nitrogens with zero attached hydrogens (tertiary/aromatic N) is 3. The maximum Gasteiger partial charge on any atom is 0.282 e. The van der Waals surface area contributed by atoms with Crippen LogP contribution in [0.1, 0.15) is 5.56 Å². The fourth-order valence-corrected chi connectivity index (χ4v) is 5.62. The van der Waals surface area contributed by atoms with Crippen molar-refractivity contribution < 1.29 is 23.1 Å². The number of hydrogen-bond acceptors (Lipinski definition) is 7. The predicted molar refractivity (Wildman–Crippen MR) is 178 cm³/mol. The second-order valence-electron chi connectivity index (χ2n) is 9.55. The lowest BCUT2D eigenvalue weighted by Gasteiger charge is -2.15. The van der Waals surface area contributed by atoms with Gasteiger partial charge >= 0.3 is 0 Å². The molecule has 0 saturated heterocycles. The van der Waals surface area contributed by atoms with Crippen LogP contribution >= 0.6 is 43.5 Å². The molecule has 6 aromatic rings. The van der Waals surface area contributed by atoms with Gasteiger partial charge in [0.05, 0.1) is 34.4 Å². The van der Waals surface area contributed by atoms with E-state index in [9.17, 15) is 14.0 Å². The lowest BCUT2D eigenvalue weighted by Crippen LogP contribution is -2.21. The number of ether oxygens (including phenoxy) is 2. The van der Waals surface area contributed by atoms with E-state index in [4.69, 9.17) is 30.5 Å². The molecule has 0 unspecified atom stereocenters. The molecule has 0 bridgehead atoms. The van der Waals surface area contributed by atoms with E-state index in [1.807, 2.05) is 0 Å². The van der Waals surface area contributed by atoms with Crippen molar-refractivity contribution in [2.75, 3.05) is 19.0 Å². The first kappa shape index (κ1) is 30.5. The molecule has 0 fully saturated rings. The van der Waals surface area contributed by atoms with E-state index >= 15 is 0 Å². The van der Waals surface area contributed by atoms with Gasteiger partial charge < -0.3 is 19.2 Å².